The number of carboxylic acids is 1. The Labute approximate surface area is 190 Å². The fourth-order valence-electron chi connectivity index (χ4n) is 4.12. The van der Waals surface area contributed by atoms with Crippen molar-refractivity contribution in [3.8, 4) is 11.1 Å². The van der Waals surface area contributed by atoms with Gasteiger partial charge in [-0.1, -0.05) is 48.5 Å². The highest BCUT2D eigenvalue weighted by atomic mass is 16.5. The first-order valence-electron chi connectivity index (χ1n) is 10.6. The number of fused-ring (bicyclic) bond motifs is 3. The predicted octanol–water partition coefficient (Wildman–Crippen LogP) is 3.33. The van der Waals surface area contributed by atoms with E-state index in [9.17, 15) is 14.4 Å². The molecular formula is C24H24N4O5. The topological polar surface area (TPSA) is 114 Å². The number of aliphatic carboxylic acids is 1. The van der Waals surface area contributed by atoms with Gasteiger partial charge in [-0.2, -0.15) is 5.10 Å². The van der Waals surface area contributed by atoms with Crippen LogP contribution in [0.3, 0.4) is 0 Å². The SMILES string of the molecule is CCN(CC(=O)O)C(=O)c1cc(NC(=O)OCC2c3ccccc3-c3ccccc32)nn1C. The number of carboxylic acid groups (broad SMARTS) is 1. The minimum absolute atomic E-state index is 0.0712. The summed E-state index contributed by atoms with van der Waals surface area (Å²) in [6.45, 7) is 1.65. The minimum Gasteiger partial charge on any atom is -0.480 e. The Morgan fingerprint density at radius 1 is 1.09 bits per heavy atom. The first-order valence-corrected chi connectivity index (χ1v) is 10.6. The van der Waals surface area contributed by atoms with Crippen LogP contribution >= 0.6 is 0 Å². The number of hydrogen-bond donors (Lipinski definition) is 2. The Kier molecular flexibility index (Phi) is 6.12. The number of rotatable bonds is 7. The lowest BCUT2D eigenvalue weighted by atomic mass is 9.98. The molecule has 2 aromatic carbocycles. The summed E-state index contributed by atoms with van der Waals surface area (Å²) in [6, 6.07) is 17.5. The lowest BCUT2D eigenvalue weighted by molar-refractivity contribution is -0.137. The number of hydrogen-bond acceptors (Lipinski definition) is 5. The van der Waals surface area contributed by atoms with Crippen LogP contribution in [0, 0.1) is 0 Å². The molecule has 0 radical (unpaired) electrons. The Bertz CT molecular complexity index is 1170. The lowest BCUT2D eigenvalue weighted by Gasteiger charge is -2.18. The maximum Gasteiger partial charge on any atom is 0.412 e. The van der Waals surface area contributed by atoms with Gasteiger partial charge in [0.2, 0.25) is 0 Å². The van der Waals surface area contributed by atoms with Gasteiger partial charge in [-0.15, -0.1) is 0 Å². The van der Waals surface area contributed by atoms with E-state index >= 15 is 0 Å². The molecule has 1 aliphatic carbocycles. The number of amides is 2. The van der Waals surface area contributed by atoms with Crippen molar-refractivity contribution in [1.29, 1.82) is 0 Å². The lowest BCUT2D eigenvalue weighted by Crippen LogP contribution is -2.36. The third-order valence-corrected chi connectivity index (χ3v) is 5.67. The zero-order chi connectivity index (χ0) is 23.5. The molecule has 9 heteroatoms. The van der Waals surface area contributed by atoms with E-state index in [2.05, 4.69) is 22.5 Å². The van der Waals surface area contributed by atoms with E-state index in [-0.39, 0.29) is 30.6 Å². The van der Waals surface area contributed by atoms with Crippen LogP contribution in [0.2, 0.25) is 0 Å². The minimum atomic E-state index is -1.11. The largest absolute Gasteiger partial charge is 0.480 e. The number of carbonyl (C=O) groups excluding carboxylic acids is 2. The number of carbonyl (C=O) groups is 3. The highest BCUT2D eigenvalue weighted by Gasteiger charge is 2.29. The molecule has 0 unspecified atom stereocenters. The summed E-state index contributed by atoms with van der Waals surface area (Å²) in [5, 5.41) is 15.7. The van der Waals surface area contributed by atoms with Gasteiger partial charge in [-0.25, -0.2) is 4.79 Å². The van der Waals surface area contributed by atoms with Crippen molar-refractivity contribution < 1.29 is 24.2 Å². The first kappa shape index (κ1) is 22.1. The average Bonchev–Trinajstić information content (AvgIpc) is 3.32. The molecule has 0 atom stereocenters. The standard InChI is InChI=1S/C24H24N4O5/c1-3-28(13-22(29)30)23(31)20-12-21(26-27(20)2)25-24(32)33-14-19-17-10-6-4-8-15(17)16-9-5-7-11-18(16)19/h4-12,19H,3,13-14H2,1-2H3,(H,29,30)(H,25,26,32). The number of ether oxygens (including phenoxy) is 1. The van der Waals surface area contributed by atoms with E-state index in [1.807, 2.05) is 36.4 Å². The molecule has 0 fully saturated rings. The molecule has 1 heterocycles. The smallest absolute Gasteiger partial charge is 0.412 e. The van der Waals surface area contributed by atoms with Crippen LogP contribution in [0.25, 0.3) is 11.1 Å². The maximum absolute atomic E-state index is 12.6. The van der Waals surface area contributed by atoms with Crippen LogP contribution in [0.1, 0.15) is 34.5 Å². The zero-order valence-electron chi connectivity index (χ0n) is 18.3. The molecular weight excluding hydrogens is 424 g/mol. The third-order valence-electron chi connectivity index (χ3n) is 5.67. The van der Waals surface area contributed by atoms with Gasteiger partial charge in [0.15, 0.2) is 5.82 Å². The van der Waals surface area contributed by atoms with E-state index < -0.39 is 24.5 Å². The molecule has 33 heavy (non-hydrogen) atoms. The van der Waals surface area contributed by atoms with Gasteiger partial charge >= 0.3 is 12.1 Å². The van der Waals surface area contributed by atoms with Crippen molar-refractivity contribution in [3.63, 3.8) is 0 Å². The molecule has 2 amide bonds. The van der Waals surface area contributed by atoms with Gasteiger partial charge in [-0.05, 0) is 29.2 Å². The van der Waals surface area contributed by atoms with E-state index in [0.29, 0.717) is 0 Å². The van der Waals surface area contributed by atoms with Crippen molar-refractivity contribution in [3.05, 3.63) is 71.4 Å². The van der Waals surface area contributed by atoms with Gasteiger partial charge in [0.1, 0.15) is 18.8 Å². The molecule has 0 bridgehead atoms. The second kappa shape index (κ2) is 9.15. The van der Waals surface area contributed by atoms with Gasteiger partial charge in [0.05, 0.1) is 0 Å². The molecule has 4 rings (SSSR count). The van der Waals surface area contributed by atoms with Crippen LogP contribution < -0.4 is 5.32 Å². The number of aryl methyl sites for hydroxylation is 1. The first-order chi connectivity index (χ1) is 15.9. The molecule has 0 saturated heterocycles. The van der Waals surface area contributed by atoms with Crippen LogP contribution in [0.4, 0.5) is 10.6 Å². The molecule has 1 aliphatic rings. The van der Waals surface area contributed by atoms with Crippen LogP contribution in [-0.2, 0) is 16.6 Å². The van der Waals surface area contributed by atoms with E-state index in [1.54, 1.807) is 14.0 Å². The number of nitrogens with zero attached hydrogens (tertiary/aromatic N) is 3. The Morgan fingerprint density at radius 3 is 2.27 bits per heavy atom. The molecule has 9 nitrogen and oxygen atoms in total. The van der Waals surface area contributed by atoms with Crippen molar-refractivity contribution in [2.45, 2.75) is 12.8 Å². The quantitative estimate of drug-likeness (QED) is 0.573. The van der Waals surface area contributed by atoms with E-state index in [1.165, 1.54) is 15.6 Å². The summed E-state index contributed by atoms with van der Waals surface area (Å²) >= 11 is 0. The monoisotopic (exact) mass is 448 g/mol. The maximum atomic E-state index is 12.6. The highest BCUT2D eigenvalue weighted by Crippen LogP contribution is 2.44. The average molecular weight is 448 g/mol. The number of nitrogens with one attached hydrogen (secondary N) is 1. The number of likely N-dealkylation sites (N-methyl/N-ethyl adjacent to an activating group) is 1. The third kappa shape index (κ3) is 4.43. The fourth-order valence-corrected chi connectivity index (χ4v) is 4.12. The molecule has 170 valence electrons. The summed E-state index contributed by atoms with van der Waals surface area (Å²) < 4.78 is 6.80. The summed E-state index contributed by atoms with van der Waals surface area (Å²) in [5.41, 5.74) is 4.64. The Balaban J connectivity index is 1.43. The van der Waals surface area contributed by atoms with Crippen LogP contribution in [0.15, 0.2) is 54.6 Å². The van der Waals surface area contributed by atoms with Crippen molar-refractivity contribution in [2.75, 3.05) is 25.0 Å². The Hall–Kier alpha value is -4.14. The molecule has 3 aromatic rings. The molecule has 1 aromatic heterocycles. The zero-order valence-corrected chi connectivity index (χ0v) is 18.3. The van der Waals surface area contributed by atoms with Gasteiger partial charge in [0.25, 0.3) is 5.91 Å². The van der Waals surface area contributed by atoms with Crippen molar-refractivity contribution in [1.82, 2.24) is 14.7 Å². The van der Waals surface area contributed by atoms with Crippen LogP contribution in [0.5, 0.6) is 0 Å². The normalized spacial score (nSPS) is 12.1. The van der Waals surface area contributed by atoms with Crippen molar-refractivity contribution >= 4 is 23.8 Å². The number of aromatic nitrogens is 2. The van der Waals surface area contributed by atoms with Gasteiger partial charge < -0.3 is 14.7 Å². The van der Waals surface area contributed by atoms with Crippen molar-refractivity contribution in [2.24, 2.45) is 7.05 Å². The Morgan fingerprint density at radius 2 is 1.70 bits per heavy atom. The second-order valence-electron chi connectivity index (χ2n) is 7.70. The van der Waals surface area contributed by atoms with Gasteiger partial charge in [-0.3, -0.25) is 19.6 Å². The predicted molar refractivity (Wildman–Crippen MR) is 121 cm³/mol. The molecule has 0 aliphatic heterocycles. The summed E-state index contributed by atoms with van der Waals surface area (Å²) in [5.74, 6) is -1.53. The summed E-state index contributed by atoms with van der Waals surface area (Å²) in [4.78, 5) is 37.2. The van der Waals surface area contributed by atoms with E-state index in [4.69, 9.17) is 9.84 Å². The summed E-state index contributed by atoms with van der Waals surface area (Å²) in [6.07, 6.45) is -0.688. The second-order valence-corrected chi connectivity index (χ2v) is 7.70. The molecule has 2 N–H and O–H groups in total. The number of anilines is 1. The number of benzene rings is 2. The highest BCUT2D eigenvalue weighted by molar-refractivity contribution is 5.96. The van der Waals surface area contributed by atoms with E-state index in [0.717, 1.165) is 22.3 Å². The molecule has 0 spiro atoms. The van der Waals surface area contributed by atoms with Crippen LogP contribution in [-0.4, -0.2) is 57.5 Å². The summed E-state index contributed by atoms with van der Waals surface area (Å²) in [7, 11) is 1.55. The van der Waals surface area contributed by atoms with Gasteiger partial charge in [0, 0.05) is 25.6 Å². The fraction of sp³-hybridized carbons (Fsp3) is 0.250. The molecule has 0 saturated carbocycles.